The summed E-state index contributed by atoms with van der Waals surface area (Å²) >= 11 is 0. The molecule has 5 nitrogen and oxygen atoms in total. The Balaban J connectivity index is -0.0000000339. The zero-order valence-corrected chi connectivity index (χ0v) is 12.3. The van der Waals surface area contributed by atoms with Crippen LogP contribution in [0.5, 0.6) is 0 Å². The molecule has 0 aliphatic carbocycles. The van der Waals surface area contributed by atoms with E-state index in [0.717, 1.165) is 21.0 Å². The minimum absolute atomic E-state index is 0. The Morgan fingerprint density at radius 1 is 1.00 bits per heavy atom. The van der Waals surface area contributed by atoms with Gasteiger partial charge in [0.1, 0.15) is 0 Å². The van der Waals surface area contributed by atoms with Gasteiger partial charge in [0, 0.05) is 19.0 Å². The summed E-state index contributed by atoms with van der Waals surface area (Å²) in [6.07, 6.45) is 0. The number of hydrogen-bond donors (Lipinski definition) is 1. The first-order valence-electron chi connectivity index (χ1n) is 2.26. The van der Waals surface area contributed by atoms with Crippen molar-refractivity contribution in [3.63, 3.8) is 0 Å². The summed E-state index contributed by atoms with van der Waals surface area (Å²) < 4.78 is 0. The van der Waals surface area contributed by atoms with Crippen molar-refractivity contribution in [3.8, 4) is 0 Å². The molecule has 0 aliphatic heterocycles. The molecule has 0 saturated heterocycles. The van der Waals surface area contributed by atoms with Crippen molar-refractivity contribution in [1.82, 2.24) is 0 Å². The molecule has 0 radical (unpaired) electrons. The summed E-state index contributed by atoms with van der Waals surface area (Å²) in [6.45, 7) is 1.94. The van der Waals surface area contributed by atoms with Crippen LogP contribution in [0, 0.1) is 0 Å². The standard InChI is InChI=1S/2C2H4O2.CH4O.Hg/c2*1-2(3)4;1-2;/h2*1H3,(H,3,4);2H,1H3;/q;;;+2/p-2. The van der Waals surface area contributed by atoms with Gasteiger partial charge in [0.05, 0.1) is 0 Å². The predicted molar refractivity (Wildman–Crippen MR) is 29.5 cm³/mol. The zero-order chi connectivity index (χ0) is 9.15. The Morgan fingerprint density at radius 2 is 1.00 bits per heavy atom. The number of carboxylic acids is 2. The van der Waals surface area contributed by atoms with Crippen molar-refractivity contribution in [2.24, 2.45) is 0 Å². The second-order valence-electron chi connectivity index (χ2n) is 0.983. The van der Waals surface area contributed by atoms with E-state index in [1.807, 2.05) is 0 Å². The molecule has 0 rings (SSSR count). The fourth-order valence-electron chi connectivity index (χ4n) is 0. The van der Waals surface area contributed by atoms with Crippen LogP contribution in [0.3, 0.4) is 0 Å². The largest absolute Gasteiger partial charge is 2.00 e. The third-order valence-corrected chi connectivity index (χ3v) is 0. The summed E-state index contributed by atoms with van der Waals surface area (Å²) in [6, 6.07) is 0. The molecule has 0 unspecified atom stereocenters. The zero-order valence-electron chi connectivity index (χ0n) is 6.79. The summed E-state index contributed by atoms with van der Waals surface area (Å²) in [5.41, 5.74) is 0. The molecule has 0 aromatic carbocycles. The Kier molecular flexibility index (Phi) is 46.0. The van der Waals surface area contributed by atoms with Crippen LogP contribution in [-0.2, 0) is 37.3 Å². The minimum atomic E-state index is -1.08. The fourth-order valence-corrected chi connectivity index (χ4v) is 0. The molecule has 1 N–H and O–H groups in total. The van der Waals surface area contributed by atoms with Gasteiger partial charge in [0.15, 0.2) is 0 Å². The third kappa shape index (κ3) is 22200. The van der Waals surface area contributed by atoms with Crippen molar-refractivity contribution < 1.29 is 52.6 Å². The SMILES string of the molecule is CC(=O)[O-].CC(=O)[O-].CO.[Hg+2]. The first-order valence-corrected chi connectivity index (χ1v) is 2.26. The van der Waals surface area contributed by atoms with Crippen LogP contribution in [0.1, 0.15) is 13.8 Å². The molecular formula is C5H10HgO5. The van der Waals surface area contributed by atoms with Crippen molar-refractivity contribution in [3.05, 3.63) is 0 Å². The summed E-state index contributed by atoms with van der Waals surface area (Å²) in [5, 5.41) is 24.8. The van der Waals surface area contributed by atoms with Gasteiger partial charge in [-0.05, 0) is 13.8 Å². The molecule has 6 heteroatoms. The summed E-state index contributed by atoms with van der Waals surface area (Å²) in [5.74, 6) is -2.17. The molecule has 0 spiro atoms. The number of carbonyl (C=O) groups excluding carboxylic acids is 2. The van der Waals surface area contributed by atoms with Crippen LogP contribution in [0.2, 0.25) is 0 Å². The Labute approximate surface area is 85.5 Å². The molecule has 0 saturated carbocycles. The van der Waals surface area contributed by atoms with Gasteiger partial charge < -0.3 is 24.9 Å². The van der Waals surface area contributed by atoms with E-state index in [-0.39, 0.29) is 27.7 Å². The van der Waals surface area contributed by atoms with Crippen LogP contribution in [-0.4, -0.2) is 24.2 Å². The second-order valence-corrected chi connectivity index (χ2v) is 0.983. The predicted octanol–water partition coefficient (Wildman–Crippen LogP) is -2.88. The monoisotopic (exact) mass is 352 g/mol. The van der Waals surface area contributed by atoms with E-state index >= 15 is 0 Å². The normalized spacial score (nSPS) is 5.09. The van der Waals surface area contributed by atoms with Gasteiger partial charge >= 0.3 is 27.7 Å². The maximum atomic E-state index is 8.89. The summed E-state index contributed by atoms with van der Waals surface area (Å²) in [4.78, 5) is 17.8. The van der Waals surface area contributed by atoms with Crippen molar-refractivity contribution in [2.45, 2.75) is 13.8 Å². The maximum Gasteiger partial charge on any atom is 2.00 e. The van der Waals surface area contributed by atoms with E-state index in [2.05, 4.69) is 0 Å². The van der Waals surface area contributed by atoms with Gasteiger partial charge in [-0.2, -0.15) is 0 Å². The van der Waals surface area contributed by atoms with Crippen LogP contribution < -0.4 is 10.2 Å². The quantitative estimate of drug-likeness (QED) is 0.473. The number of carbonyl (C=O) groups is 2. The minimum Gasteiger partial charge on any atom is -0.550 e. The van der Waals surface area contributed by atoms with Crippen molar-refractivity contribution >= 4 is 11.9 Å². The molecule has 11 heavy (non-hydrogen) atoms. The molecule has 0 fully saturated rings. The smallest absolute Gasteiger partial charge is 0.550 e. The summed E-state index contributed by atoms with van der Waals surface area (Å²) in [7, 11) is 1.00. The molecule has 0 aliphatic rings. The van der Waals surface area contributed by atoms with E-state index in [0.29, 0.717) is 0 Å². The van der Waals surface area contributed by atoms with Gasteiger partial charge in [-0.3, -0.25) is 0 Å². The second kappa shape index (κ2) is 22.5. The van der Waals surface area contributed by atoms with Crippen molar-refractivity contribution in [1.29, 1.82) is 0 Å². The number of rotatable bonds is 0. The average molecular weight is 351 g/mol. The van der Waals surface area contributed by atoms with E-state index < -0.39 is 11.9 Å². The Morgan fingerprint density at radius 3 is 1.00 bits per heavy atom. The van der Waals surface area contributed by atoms with Gasteiger partial charge in [-0.25, -0.2) is 0 Å². The van der Waals surface area contributed by atoms with E-state index in [1.165, 1.54) is 0 Å². The van der Waals surface area contributed by atoms with Gasteiger partial charge in [-0.1, -0.05) is 0 Å². The molecule has 0 amide bonds. The first-order chi connectivity index (χ1) is 4.46. The Bertz CT molecular complexity index is 72.9. The topological polar surface area (TPSA) is 100 Å². The molecule has 0 aromatic heterocycles. The van der Waals surface area contributed by atoms with Gasteiger partial charge in [-0.15, -0.1) is 0 Å². The number of aliphatic hydroxyl groups excluding tert-OH is 1. The molecule has 0 atom stereocenters. The Hall–Kier alpha value is -0.165. The van der Waals surface area contributed by atoms with Crippen molar-refractivity contribution in [2.75, 3.05) is 7.11 Å². The third-order valence-electron chi connectivity index (χ3n) is 0. The number of aliphatic carboxylic acids is 2. The number of aliphatic hydroxyl groups is 1. The number of hydrogen-bond acceptors (Lipinski definition) is 5. The van der Waals surface area contributed by atoms with Crippen LogP contribution in [0.4, 0.5) is 0 Å². The van der Waals surface area contributed by atoms with Crippen LogP contribution >= 0.6 is 0 Å². The maximum absolute atomic E-state index is 8.89. The number of carboxylic acid groups (broad SMARTS) is 2. The molecule has 0 bridgehead atoms. The molecule has 62 valence electrons. The first kappa shape index (κ1) is 22.4. The average Bonchev–Trinajstić information content (AvgIpc) is 1.66. The van der Waals surface area contributed by atoms with Gasteiger partial charge in [0.2, 0.25) is 0 Å². The van der Waals surface area contributed by atoms with Gasteiger partial charge in [0.25, 0.3) is 0 Å². The van der Waals surface area contributed by atoms with Crippen LogP contribution in [0.15, 0.2) is 0 Å². The van der Waals surface area contributed by atoms with Crippen LogP contribution in [0.25, 0.3) is 0 Å². The molecule has 0 heterocycles. The van der Waals surface area contributed by atoms with E-state index in [9.17, 15) is 0 Å². The van der Waals surface area contributed by atoms with E-state index in [4.69, 9.17) is 24.9 Å². The fraction of sp³-hybridized carbons (Fsp3) is 0.600. The molecular weight excluding hydrogens is 341 g/mol. The molecule has 0 aromatic rings. The van der Waals surface area contributed by atoms with E-state index in [1.54, 1.807) is 0 Å².